The van der Waals surface area contributed by atoms with Crippen molar-refractivity contribution in [2.45, 2.75) is 0 Å². The number of H-pyrrole nitrogens is 1. The van der Waals surface area contributed by atoms with Crippen LogP contribution in [-0.2, 0) is 47.5 Å². The summed E-state index contributed by atoms with van der Waals surface area (Å²) in [4.78, 5) is 38.6. The minimum Gasteiger partial charge on any atom is -0.543 e. The minimum atomic E-state index is -2.19. The first-order valence-corrected chi connectivity index (χ1v) is 4.04. The Morgan fingerprint density at radius 3 is 0.905 bits per heavy atom. The van der Waals surface area contributed by atoms with E-state index in [-0.39, 0.29) is 28.3 Å². The van der Waals surface area contributed by atoms with Gasteiger partial charge in [-0.05, 0) is 0 Å². The van der Waals surface area contributed by atoms with Crippen LogP contribution in [0.1, 0.15) is 0 Å². The molecule has 0 unspecified atom stereocenters. The second-order valence-electron chi connectivity index (χ2n) is 2.23. The number of aromatic nitrogens is 1. The summed E-state index contributed by atoms with van der Waals surface area (Å²) < 4.78 is 0. The molecular formula is C9H12CrNO10+2. The van der Waals surface area contributed by atoms with E-state index in [9.17, 15) is 0 Å². The van der Waals surface area contributed by atoms with Crippen LogP contribution in [-0.4, -0.2) is 23.9 Å². The second-order valence-corrected chi connectivity index (χ2v) is 2.23. The molecule has 0 aliphatic heterocycles. The number of aliphatic carboxylic acids is 4. The van der Waals surface area contributed by atoms with Crippen molar-refractivity contribution < 1.29 is 72.9 Å². The molecule has 0 saturated carbocycles. The first-order chi connectivity index (χ1) is 8.29. The zero-order valence-corrected chi connectivity index (χ0v) is 11.5. The molecule has 7 N–H and O–H groups in total. The van der Waals surface area contributed by atoms with Crippen molar-refractivity contribution >= 4 is 23.9 Å². The van der Waals surface area contributed by atoms with Crippen LogP contribution in [0.25, 0.3) is 0 Å². The fourth-order valence-corrected chi connectivity index (χ4v) is 0.342. The van der Waals surface area contributed by atoms with Gasteiger partial charge < -0.3 is 50.6 Å². The minimum absolute atomic E-state index is 0. The van der Waals surface area contributed by atoms with Crippen LogP contribution in [0.3, 0.4) is 0 Å². The fourth-order valence-electron chi connectivity index (χ4n) is 0.342. The molecule has 1 aromatic heterocycles. The van der Waals surface area contributed by atoms with Crippen molar-refractivity contribution in [2.75, 3.05) is 0 Å². The van der Waals surface area contributed by atoms with Gasteiger partial charge in [0.25, 0.3) is 0 Å². The molecule has 1 aromatic rings. The number of pyridine rings is 1. The van der Waals surface area contributed by atoms with Crippen LogP contribution < -0.4 is 25.4 Å². The monoisotopic (exact) mass is 346 g/mol. The van der Waals surface area contributed by atoms with E-state index < -0.39 is 23.9 Å². The van der Waals surface area contributed by atoms with E-state index in [1.165, 1.54) is 0 Å². The maximum Gasteiger partial charge on any atom is 3.00 e. The number of carbonyl (C=O) groups excluding carboxylic acids is 4. The van der Waals surface area contributed by atoms with Gasteiger partial charge in [-0.3, -0.25) is 0 Å². The standard InChI is InChI=1S/C5H5N.2C2H2O4.Cr.2H2O/c1-2-4-6-5-3-1;2*3-1(4)2(5)6;;;/h1-5H;2*(H,3,4)(H,5,6);;2*1H2/q;;;+3;;/p-1. The quantitative estimate of drug-likeness (QED) is 0.321. The molecule has 0 fully saturated rings. The molecule has 11 nitrogen and oxygen atoms in total. The number of hydrogen-bond acceptors (Lipinski definition) is 8. The van der Waals surface area contributed by atoms with Gasteiger partial charge in [-0.1, -0.05) is 6.07 Å². The average Bonchev–Trinajstić information content (AvgIpc) is 2.32. The van der Waals surface area contributed by atoms with Gasteiger partial charge in [0.15, 0.2) is 12.4 Å². The van der Waals surface area contributed by atoms with Crippen LogP contribution in [0, 0.1) is 0 Å². The van der Waals surface area contributed by atoms with Gasteiger partial charge in [0.2, 0.25) is 0 Å². The van der Waals surface area contributed by atoms with E-state index in [0.29, 0.717) is 0 Å². The summed E-state index contributed by atoms with van der Waals surface area (Å²) in [5.41, 5.74) is 0. The predicted molar refractivity (Wildman–Crippen MR) is 52.8 cm³/mol. The molecule has 117 valence electrons. The number of aromatic amines is 1. The van der Waals surface area contributed by atoms with Crippen LogP contribution in [0.2, 0.25) is 0 Å². The molecule has 21 heavy (non-hydrogen) atoms. The van der Waals surface area contributed by atoms with Crippen molar-refractivity contribution in [3.05, 3.63) is 30.6 Å². The molecule has 12 heteroatoms. The normalized spacial score (nSPS) is 6.48. The van der Waals surface area contributed by atoms with E-state index in [2.05, 4.69) is 4.98 Å². The summed E-state index contributed by atoms with van der Waals surface area (Å²) >= 11 is 0. The third kappa shape index (κ3) is 31.8. The number of carbonyl (C=O) groups is 4. The Bertz CT molecular complexity index is 336. The number of hydrogen-bond donors (Lipinski definition) is 0. The van der Waals surface area contributed by atoms with Crippen molar-refractivity contribution in [1.29, 1.82) is 0 Å². The number of nitrogens with one attached hydrogen (secondary N) is 1. The van der Waals surface area contributed by atoms with Gasteiger partial charge in [0, 0.05) is 12.1 Å². The summed E-state index contributed by atoms with van der Waals surface area (Å²) in [5, 5.41) is 35.7. The first-order valence-electron chi connectivity index (χ1n) is 4.04. The van der Waals surface area contributed by atoms with Crippen LogP contribution in [0.5, 0.6) is 0 Å². The van der Waals surface area contributed by atoms with Crippen molar-refractivity contribution in [3.8, 4) is 0 Å². The first kappa shape index (κ1) is 31.1. The fraction of sp³-hybridized carbons (Fsp3) is 0. The van der Waals surface area contributed by atoms with E-state index in [1.807, 2.05) is 30.6 Å². The molecular weight excluding hydrogens is 334 g/mol. The molecule has 0 bridgehead atoms. The summed E-state index contributed by atoms with van der Waals surface area (Å²) in [7, 11) is 0. The van der Waals surface area contributed by atoms with Crippen molar-refractivity contribution in [1.82, 2.24) is 0 Å². The Hall–Kier alpha value is -2.52. The Kier molecular flexibility index (Phi) is 29.3. The molecule has 0 amide bonds. The third-order valence-electron chi connectivity index (χ3n) is 0.940. The largest absolute Gasteiger partial charge is 3.00 e. The Labute approximate surface area is 128 Å². The molecule has 1 heterocycles. The maximum atomic E-state index is 8.93. The Morgan fingerprint density at radius 1 is 0.619 bits per heavy atom. The van der Waals surface area contributed by atoms with E-state index in [4.69, 9.17) is 39.6 Å². The Balaban J connectivity index is -0.0000000569. The van der Waals surface area contributed by atoms with Crippen molar-refractivity contribution in [2.24, 2.45) is 0 Å². The topological polar surface area (TPSA) is 241 Å². The van der Waals surface area contributed by atoms with Gasteiger partial charge >= 0.3 is 17.4 Å². The third-order valence-corrected chi connectivity index (χ3v) is 0.940. The molecule has 1 radical (unpaired) electrons. The van der Waals surface area contributed by atoms with E-state index >= 15 is 0 Å². The van der Waals surface area contributed by atoms with E-state index in [0.717, 1.165) is 0 Å². The molecule has 0 aromatic carbocycles. The molecule has 0 aliphatic rings. The van der Waals surface area contributed by atoms with Crippen molar-refractivity contribution in [3.63, 3.8) is 0 Å². The van der Waals surface area contributed by atoms with E-state index in [1.54, 1.807) is 0 Å². The zero-order chi connectivity index (χ0) is 14.6. The average molecular weight is 346 g/mol. The SMILES string of the molecule is O=C([O-])C(=O)[O-].O=C([O-])C(=O)[O-].[Cr+3].[OH3+].[OH3+].c1cc[nH+]cc1. The summed E-state index contributed by atoms with van der Waals surface area (Å²) in [6.07, 6.45) is 3.75. The van der Waals surface area contributed by atoms with Gasteiger partial charge in [0.1, 0.15) is 0 Å². The summed E-state index contributed by atoms with van der Waals surface area (Å²) in [5.74, 6) is -8.74. The number of carboxylic acid groups (broad SMARTS) is 4. The van der Waals surface area contributed by atoms with Gasteiger partial charge in [-0.25, -0.2) is 4.98 Å². The maximum absolute atomic E-state index is 8.93. The van der Waals surface area contributed by atoms with Crippen LogP contribution >= 0.6 is 0 Å². The van der Waals surface area contributed by atoms with Gasteiger partial charge in [-0.2, -0.15) is 0 Å². The molecule has 0 atom stereocenters. The molecule has 0 saturated heterocycles. The smallest absolute Gasteiger partial charge is 0.543 e. The number of rotatable bonds is 0. The molecule has 1 rings (SSSR count). The second kappa shape index (κ2) is 19.8. The van der Waals surface area contributed by atoms with Crippen LogP contribution in [0.15, 0.2) is 30.6 Å². The van der Waals surface area contributed by atoms with Gasteiger partial charge in [-0.15, -0.1) is 0 Å². The predicted octanol–water partition coefficient (Wildman–Crippen LogP) is -8.37. The zero-order valence-electron chi connectivity index (χ0n) is 10.2. The number of carboxylic acids is 4. The Morgan fingerprint density at radius 2 is 0.857 bits per heavy atom. The molecule has 0 aliphatic carbocycles. The van der Waals surface area contributed by atoms with Crippen LogP contribution in [0.4, 0.5) is 0 Å². The van der Waals surface area contributed by atoms with Gasteiger partial charge in [0.05, 0.1) is 23.9 Å². The molecule has 0 spiro atoms. The summed E-state index contributed by atoms with van der Waals surface area (Å²) in [6.45, 7) is 0. The summed E-state index contributed by atoms with van der Waals surface area (Å²) in [6, 6.07) is 5.86.